The minimum absolute atomic E-state index is 0.0455. The van der Waals surface area contributed by atoms with Gasteiger partial charge in [-0.1, -0.05) is 6.92 Å². The summed E-state index contributed by atoms with van der Waals surface area (Å²) in [4.78, 5) is 25.0. The van der Waals surface area contributed by atoms with Gasteiger partial charge < -0.3 is 14.1 Å². The smallest absolute Gasteiger partial charge is 0.307 e. The SMILES string of the molecule is CCN(CCC(=O)OC)C(=O)CCc1ccc(C2CC2C)o1. The predicted molar refractivity (Wildman–Crippen MR) is 82.4 cm³/mol. The maximum Gasteiger partial charge on any atom is 0.307 e. The van der Waals surface area contributed by atoms with Gasteiger partial charge in [-0.15, -0.1) is 0 Å². The van der Waals surface area contributed by atoms with Gasteiger partial charge in [0.15, 0.2) is 0 Å². The zero-order valence-electron chi connectivity index (χ0n) is 13.6. The molecule has 0 bridgehead atoms. The van der Waals surface area contributed by atoms with Crippen LogP contribution in [0.5, 0.6) is 0 Å². The van der Waals surface area contributed by atoms with Crippen LogP contribution in [0.1, 0.15) is 50.5 Å². The third-order valence-corrected chi connectivity index (χ3v) is 4.29. The van der Waals surface area contributed by atoms with Crippen LogP contribution in [0.15, 0.2) is 16.5 Å². The van der Waals surface area contributed by atoms with Gasteiger partial charge >= 0.3 is 5.97 Å². The van der Waals surface area contributed by atoms with Crippen molar-refractivity contribution in [3.8, 4) is 0 Å². The fourth-order valence-corrected chi connectivity index (χ4v) is 2.62. The number of aryl methyl sites for hydroxylation is 1. The molecule has 0 N–H and O–H groups in total. The van der Waals surface area contributed by atoms with E-state index in [0.717, 1.165) is 17.4 Å². The first kappa shape index (κ1) is 16.6. The molecule has 0 aromatic carbocycles. The zero-order chi connectivity index (χ0) is 16.1. The quantitative estimate of drug-likeness (QED) is 0.693. The number of rotatable bonds is 8. The molecule has 1 aromatic rings. The summed E-state index contributed by atoms with van der Waals surface area (Å²) >= 11 is 0. The lowest BCUT2D eigenvalue weighted by Crippen LogP contribution is -2.33. The van der Waals surface area contributed by atoms with Gasteiger partial charge in [-0.2, -0.15) is 0 Å². The predicted octanol–water partition coefficient (Wildman–Crippen LogP) is 2.75. The number of amides is 1. The Morgan fingerprint density at radius 2 is 2.09 bits per heavy atom. The lowest BCUT2D eigenvalue weighted by Gasteiger charge is -2.20. The molecule has 0 saturated heterocycles. The van der Waals surface area contributed by atoms with Gasteiger partial charge in [-0.25, -0.2) is 0 Å². The molecule has 0 aliphatic heterocycles. The molecular formula is C17H25NO4. The molecule has 1 aliphatic carbocycles. The number of hydrogen-bond donors (Lipinski definition) is 0. The lowest BCUT2D eigenvalue weighted by atomic mass is 10.2. The second kappa shape index (κ2) is 7.47. The number of carbonyl (C=O) groups excluding carboxylic acids is 2. The second-order valence-corrected chi connectivity index (χ2v) is 5.92. The van der Waals surface area contributed by atoms with Crippen LogP contribution >= 0.6 is 0 Å². The van der Waals surface area contributed by atoms with Gasteiger partial charge in [0, 0.05) is 31.8 Å². The highest BCUT2D eigenvalue weighted by Crippen LogP contribution is 2.47. The first-order chi connectivity index (χ1) is 10.5. The molecule has 2 rings (SSSR count). The lowest BCUT2D eigenvalue weighted by molar-refractivity contribution is -0.141. The summed E-state index contributed by atoms with van der Waals surface area (Å²) in [5.41, 5.74) is 0. The van der Waals surface area contributed by atoms with Gasteiger partial charge in [0.2, 0.25) is 5.91 Å². The van der Waals surface area contributed by atoms with Gasteiger partial charge in [-0.3, -0.25) is 9.59 Å². The molecule has 1 amide bonds. The van der Waals surface area contributed by atoms with Gasteiger partial charge in [0.1, 0.15) is 11.5 Å². The second-order valence-electron chi connectivity index (χ2n) is 5.92. The molecule has 5 nitrogen and oxygen atoms in total. The van der Waals surface area contributed by atoms with E-state index in [1.54, 1.807) is 4.90 Å². The van der Waals surface area contributed by atoms with E-state index in [1.165, 1.54) is 13.5 Å². The molecule has 122 valence electrons. The standard InChI is InChI=1S/C17H25NO4/c1-4-18(10-9-17(20)21-3)16(19)8-6-13-5-7-15(22-13)14-11-12(14)2/h5,7,12,14H,4,6,8-11H2,1-3H3. The van der Waals surface area contributed by atoms with Gasteiger partial charge in [0.25, 0.3) is 0 Å². The first-order valence-electron chi connectivity index (χ1n) is 7.98. The Kier molecular flexibility index (Phi) is 5.63. The molecule has 5 heteroatoms. The molecule has 1 saturated carbocycles. The summed E-state index contributed by atoms with van der Waals surface area (Å²) in [6.07, 6.45) is 2.44. The minimum atomic E-state index is -0.291. The third kappa shape index (κ3) is 4.36. The van der Waals surface area contributed by atoms with Gasteiger partial charge in [0.05, 0.1) is 13.5 Å². The monoisotopic (exact) mass is 307 g/mol. The van der Waals surface area contributed by atoms with Crippen molar-refractivity contribution >= 4 is 11.9 Å². The molecule has 1 aliphatic rings. The Labute approximate surface area is 131 Å². The zero-order valence-corrected chi connectivity index (χ0v) is 13.6. The van der Waals surface area contributed by atoms with Crippen molar-refractivity contribution in [2.45, 2.75) is 45.4 Å². The maximum absolute atomic E-state index is 12.2. The van der Waals surface area contributed by atoms with Crippen molar-refractivity contribution < 1.29 is 18.7 Å². The van der Waals surface area contributed by atoms with Crippen molar-refractivity contribution in [2.24, 2.45) is 5.92 Å². The molecular weight excluding hydrogens is 282 g/mol. The minimum Gasteiger partial charge on any atom is -0.469 e. The van der Waals surface area contributed by atoms with Crippen molar-refractivity contribution in [1.82, 2.24) is 4.90 Å². The highest BCUT2D eigenvalue weighted by Gasteiger charge is 2.36. The number of esters is 1. The fourth-order valence-electron chi connectivity index (χ4n) is 2.62. The van der Waals surface area contributed by atoms with E-state index in [-0.39, 0.29) is 18.3 Å². The average Bonchev–Trinajstić information content (AvgIpc) is 3.06. The molecule has 2 atom stereocenters. The highest BCUT2D eigenvalue weighted by molar-refractivity contribution is 5.77. The van der Waals surface area contributed by atoms with Crippen LogP contribution in [0.25, 0.3) is 0 Å². The number of hydrogen-bond acceptors (Lipinski definition) is 4. The summed E-state index contributed by atoms with van der Waals surface area (Å²) in [7, 11) is 1.36. The van der Waals surface area contributed by atoms with Crippen LogP contribution in [-0.4, -0.2) is 37.0 Å². The normalized spacial score (nSPS) is 19.8. The number of ether oxygens (including phenoxy) is 1. The van der Waals surface area contributed by atoms with Crippen molar-refractivity contribution in [2.75, 3.05) is 20.2 Å². The summed E-state index contributed by atoms with van der Waals surface area (Å²) in [5.74, 6) is 2.95. The van der Waals surface area contributed by atoms with Crippen LogP contribution in [0, 0.1) is 5.92 Å². The summed E-state index contributed by atoms with van der Waals surface area (Å²) in [6, 6.07) is 4.00. The Hall–Kier alpha value is -1.78. The molecule has 2 unspecified atom stereocenters. The number of furan rings is 1. The van der Waals surface area contributed by atoms with Crippen LogP contribution < -0.4 is 0 Å². The first-order valence-corrected chi connectivity index (χ1v) is 7.98. The van der Waals surface area contributed by atoms with Gasteiger partial charge in [-0.05, 0) is 31.4 Å². The number of carbonyl (C=O) groups is 2. The Bertz CT molecular complexity index is 522. The van der Waals surface area contributed by atoms with E-state index in [9.17, 15) is 9.59 Å². The van der Waals surface area contributed by atoms with E-state index in [1.807, 2.05) is 19.1 Å². The highest BCUT2D eigenvalue weighted by atomic mass is 16.5. The van der Waals surface area contributed by atoms with Crippen LogP contribution in [0.4, 0.5) is 0 Å². The van der Waals surface area contributed by atoms with Crippen LogP contribution in [-0.2, 0) is 20.7 Å². The molecule has 1 fully saturated rings. The summed E-state index contributed by atoms with van der Waals surface area (Å²) in [5, 5.41) is 0. The molecule has 22 heavy (non-hydrogen) atoms. The average molecular weight is 307 g/mol. The van der Waals surface area contributed by atoms with Crippen LogP contribution in [0.2, 0.25) is 0 Å². The Morgan fingerprint density at radius 1 is 1.36 bits per heavy atom. The van der Waals surface area contributed by atoms with Crippen molar-refractivity contribution in [1.29, 1.82) is 0 Å². The number of nitrogens with zero attached hydrogens (tertiary/aromatic N) is 1. The Morgan fingerprint density at radius 3 is 2.68 bits per heavy atom. The Balaban J connectivity index is 1.77. The summed E-state index contributed by atoms with van der Waals surface area (Å²) < 4.78 is 10.4. The number of methoxy groups -OCH3 is 1. The van der Waals surface area contributed by atoms with Crippen molar-refractivity contribution in [3.63, 3.8) is 0 Å². The third-order valence-electron chi connectivity index (χ3n) is 4.29. The van der Waals surface area contributed by atoms with E-state index in [2.05, 4.69) is 11.7 Å². The van der Waals surface area contributed by atoms with E-state index in [4.69, 9.17) is 4.42 Å². The molecule has 0 spiro atoms. The van der Waals surface area contributed by atoms with Crippen molar-refractivity contribution in [3.05, 3.63) is 23.7 Å². The van der Waals surface area contributed by atoms with E-state index >= 15 is 0 Å². The van der Waals surface area contributed by atoms with E-state index < -0.39 is 0 Å². The molecule has 1 heterocycles. The van der Waals surface area contributed by atoms with Crippen LogP contribution in [0.3, 0.4) is 0 Å². The fraction of sp³-hybridized carbons (Fsp3) is 0.647. The topological polar surface area (TPSA) is 59.8 Å². The molecule has 1 aromatic heterocycles. The summed E-state index contributed by atoms with van der Waals surface area (Å²) in [6.45, 7) is 5.13. The largest absolute Gasteiger partial charge is 0.469 e. The maximum atomic E-state index is 12.2. The van der Waals surface area contributed by atoms with E-state index in [0.29, 0.717) is 31.8 Å². The molecule has 0 radical (unpaired) electrons.